The Hall–Kier alpha value is -0.980. The van der Waals surface area contributed by atoms with Crippen molar-refractivity contribution in [1.29, 1.82) is 0 Å². The van der Waals surface area contributed by atoms with Gasteiger partial charge in [-0.3, -0.25) is 4.79 Å². The molecule has 1 heterocycles. The Bertz CT molecular complexity index is 381. The van der Waals surface area contributed by atoms with Gasteiger partial charge in [0.15, 0.2) is 4.17 Å². The zero-order chi connectivity index (χ0) is 10.1. The van der Waals surface area contributed by atoms with E-state index < -0.39 is 0 Å². The minimum absolute atomic E-state index is 0.0722. The number of carbonyl (C=O) groups is 1. The molecule has 0 saturated heterocycles. The molecule has 1 aliphatic heterocycles. The van der Waals surface area contributed by atoms with Gasteiger partial charge in [0, 0.05) is 0 Å². The number of alkyl halides is 1. The number of rotatable bonds is 1. The predicted octanol–water partition coefficient (Wildman–Crippen LogP) is 1.57. The van der Waals surface area contributed by atoms with Crippen LogP contribution in [0.1, 0.15) is 10.4 Å². The molecule has 1 amide bonds. The van der Waals surface area contributed by atoms with E-state index in [1.807, 2.05) is 6.07 Å². The lowest BCUT2D eigenvalue weighted by atomic mass is 10.1. The van der Waals surface area contributed by atoms with Crippen LogP contribution < -0.4 is 15.4 Å². The van der Waals surface area contributed by atoms with Crippen LogP contribution in [0.2, 0.25) is 0 Å². The van der Waals surface area contributed by atoms with Gasteiger partial charge in [-0.05, 0) is 34.7 Å². The van der Waals surface area contributed by atoms with Gasteiger partial charge >= 0.3 is 0 Å². The summed E-state index contributed by atoms with van der Waals surface area (Å²) in [5.74, 6) is 0.621. The largest absolute Gasteiger partial charge is 0.495 e. The van der Waals surface area contributed by atoms with E-state index in [0.717, 1.165) is 5.69 Å². The molecule has 0 aromatic heterocycles. The number of benzene rings is 1. The van der Waals surface area contributed by atoms with Crippen molar-refractivity contribution >= 4 is 34.2 Å². The van der Waals surface area contributed by atoms with Crippen molar-refractivity contribution in [3.8, 4) is 5.75 Å². The average molecular weight is 304 g/mol. The molecule has 0 spiro atoms. The SMILES string of the molecule is COc1cccc2c1NC(I)NC2=O. The number of methoxy groups -OCH3 is 1. The molecule has 1 aromatic rings. The monoisotopic (exact) mass is 304 g/mol. The molecule has 14 heavy (non-hydrogen) atoms. The molecule has 1 atom stereocenters. The van der Waals surface area contributed by atoms with Gasteiger partial charge < -0.3 is 15.4 Å². The lowest BCUT2D eigenvalue weighted by Crippen LogP contribution is -2.40. The number of halogens is 1. The average Bonchev–Trinajstić information content (AvgIpc) is 2.17. The van der Waals surface area contributed by atoms with E-state index in [9.17, 15) is 4.79 Å². The van der Waals surface area contributed by atoms with E-state index >= 15 is 0 Å². The highest BCUT2D eigenvalue weighted by molar-refractivity contribution is 14.1. The maximum atomic E-state index is 11.6. The Kier molecular flexibility index (Phi) is 2.49. The summed E-state index contributed by atoms with van der Waals surface area (Å²) >= 11 is 2.10. The van der Waals surface area contributed by atoms with E-state index in [1.54, 1.807) is 19.2 Å². The zero-order valence-corrected chi connectivity index (χ0v) is 9.66. The van der Waals surface area contributed by atoms with E-state index in [2.05, 4.69) is 33.2 Å². The zero-order valence-electron chi connectivity index (χ0n) is 7.50. The third-order valence-corrected chi connectivity index (χ3v) is 2.64. The fraction of sp³-hybridized carbons (Fsp3) is 0.222. The van der Waals surface area contributed by atoms with Crippen LogP contribution in [-0.4, -0.2) is 17.2 Å². The predicted molar refractivity (Wildman–Crippen MR) is 61.9 cm³/mol. The molecule has 4 nitrogen and oxygen atoms in total. The minimum Gasteiger partial charge on any atom is -0.495 e. The molecule has 0 aliphatic carbocycles. The Labute approximate surface area is 95.2 Å². The summed E-state index contributed by atoms with van der Waals surface area (Å²) in [6.07, 6.45) is 0. The summed E-state index contributed by atoms with van der Waals surface area (Å²) < 4.78 is 5.07. The van der Waals surface area contributed by atoms with Crippen LogP contribution >= 0.6 is 22.6 Å². The van der Waals surface area contributed by atoms with Crippen LogP contribution in [0.5, 0.6) is 5.75 Å². The van der Waals surface area contributed by atoms with Crippen molar-refractivity contribution in [1.82, 2.24) is 5.32 Å². The smallest absolute Gasteiger partial charge is 0.255 e. The Morgan fingerprint density at radius 3 is 2.93 bits per heavy atom. The van der Waals surface area contributed by atoms with Gasteiger partial charge in [0.05, 0.1) is 18.4 Å². The Morgan fingerprint density at radius 2 is 2.21 bits per heavy atom. The fourth-order valence-corrected chi connectivity index (χ4v) is 1.99. The maximum absolute atomic E-state index is 11.6. The first kappa shape index (κ1) is 9.57. The third-order valence-electron chi connectivity index (χ3n) is 2.02. The van der Waals surface area contributed by atoms with Crippen molar-refractivity contribution in [2.45, 2.75) is 4.17 Å². The quantitative estimate of drug-likeness (QED) is 0.470. The van der Waals surface area contributed by atoms with Crippen LogP contribution in [0.3, 0.4) is 0 Å². The number of carbonyl (C=O) groups excluding carboxylic acids is 1. The number of fused-ring (bicyclic) bond motifs is 1. The second-order valence-corrected chi connectivity index (χ2v) is 4.11. The van der Waals surface area contributed by atoms with Gasteiger partial charge in [-0.2, -0.15) is 0 Å². The fourth-order valence-electron chi connectivity index (χ4n) is 1.39. The normalized spacial score (nSPS) is 19.3. The van der Waals surface area contributed by atoms with Gasteiger partial charge in [-0.1, -0.05) is 6.07 Å². The van der Waals surface area contributed by atoms with Gasteiger partial charge in [-0.25, -0.2) is 0 Å². The molecule has 1 unspecified atom stereocenters. The van der Waals surface area contributed by atoms with E-state index in [0.29, 0.717) is 11.3 Å². The van der Waals surface area contributed by atoms with Gasteiger partial charge in [0.25, 0.3) is 5.91 Å². The second kappa shape index (κ2) is 3.64. The number of amides is 1. The number of hydrogen-bond acceptors (Lipinski definition) is 3. The van der Waals surface area contributed by atoms with Crippen molar-refractivity contribution < 1.29 is 9.53 Å². The van der Waals surface area contributed by atoms with Crippen LogP contribution in [0.4, 0.5) is 5.69 Å². The molecule has 0 saturated carbocycles. The molecular weight excluding hydrogens is 295 g/mol. The summed E-state index contributed by atoms with van der Waals surface area (Å²) in [7, 11) is 1.59. The number of hydrogen-bond donors (Lipinski definition) is 2. The first-order valence-corrected chi connectivity index (χ1v) is 5.35. The van der Waals surface area contributed by atoms with Gasteiger partial charge in [0.1, 0.15) is 5.75 Å². The number of para-hydroxylation sites is 1. The minimum atomic E-state index is -0.0936. The molecule has 0 radical (unpaired) electrons. The maximum Gasteiger partial charge on any atom is 0.255 e. The topological polar surface area (TPSA) is 50.4 Å². The molecule has 2 rings (SSSR count). The molecule has 1 aliphatic rings. The molecule has 2 N–H and O–H groups in total. The van der Waals surface area contributed by atoms with Crippen molar-refractivity contribution in [3.05, 3.63) is 23.8 Å². The number of anilines is 1. The highest BCUT2D eigenvalue weighted by Gasteiger charge is 2.23. The van der Waals surface area contributed by atoms with E-state index in [-0.39, 0.29) is 10.1 Å². The highest BCUT2D eigenvalue weighted by Crippen LogP contribution is 2.31. The first-order chi connectivity index (χ1) is 6.72. The summed E-state index contributed by atoms with van der Waals surface area (Å²) in [4.78, 5) is 11.6. The summed E-state index contributed by atoms with van der Waals surface area (Å²) in [6.45, 7) is 0. The summed E-state index contributed by atoms with van der Waals surface area (Å²) in [5.41, 5.74) is 1.38. The first-order valence-electron chi connectivity index (χ1n) is 4.11. The Balaban J connectivity index is 2.52. The third kappa shape index (κ3) is 1.52. The van der Waals surface area contributed by atoms with Crippen LogP contribution in [0, 0.1) is 0 Å². The second-order valence-electron chi connectivity index (χ2n) is 2.86. The molecular formula is C9H9IN2O2. The van der Waals surface area contributed by atoms with E-state index in [4.69, 9.17) is 4.74 Å². The molecule has 5 heteroatoms. The molecule has 1 aromatic carbocycles. The van der Waals surface area contributed by atoms with Crippen molar-refractivity contribution in [2.75, 3.05) is 12.4 Å². The molecule has 0 fully saturated rings. The number of nitrogens with one attached hydrogen (secondary N) is 2. The van der Waals surface area contributed by atoms with Crippen molar-refractivity contribution in [3.63, 3.8) is 0 Å². The lowest BCUT2D eigenvalue weighted by Gasteiger charge is -2.25. The summed E-state index contributed by atoms with van der Waals surface area (Å²) in [5, 5.41) is 5.91. The summed E-state index contributed by atoms with van der Waals surface area (Å²) in [6, 6.07) is 5.39. The van der Waals surface area contributed by atoms with Crippen LogP contribution in [-0.2, 0) is 0 Å². The lowest BCUT2D eigenvalue weighted by molar-refractivity contribution is 0.0950. The van der Waals surface area contributed by atoms with E-state index in [1.165, 1.54) is 0 Å². The standard InChI is InChI=1S/C9H9IN2O2/c1-14-6-4-2-3-5-7(6)11-9(10)12-8(5)13/h2-4,9,11H,1H3,(H,12,13). The van der Waals surface area contributed by atoms with Crippen LogP contribution in [0.25, 0.3) is 0 Å². The Morgan fingerprint density at radius 1 is 1.43 bits per heavy atom. The van der Waals surface area contributed by atoms with Gasteiger partial charge in [0.2, 0.25) is 0 Å². The van der Waals surface area contributed by atoms with Gasteiger partial charge in [-0.15, -0.1) is 0 Å². The van der Waals surface area contributed by atoms with Crippen LogP contribution in [0.15, 0.2) is 18.2 Å². The number of ether oxygens (including phenoxy) is 1. The molecule has 0 bridgehead atoms. The molecule has 74 valence electrons. The van der Waals surface area contributed by atoms with Crippen molar-refractivity contribution in [2.24, 2.45) is 0 Å². The highest BCUT2D eigenvalue weighted by atomic mass is 127.